The van der Waals surface area contributed by atoms with Gasteiger partial charge >= 0.3 is 12.4 Å². The Labute approximate surface area is 279 Å². The molecule has 7 nitrogen and oxygen atoms in total. The molecule has 0 bridgehead atoms. The van der Waals surface area contributed by atoms with E-state index in [0.717, 1.165) is 11.0 Å². The number of allylic oxidation sites excluding steroid dienone is 2. The molecule has 2 aromatic rings. The average molecular weight is 775 g/mol. The number of likely N-dealkylation sites (tertiary alicyclic amines) is 1. The third-order valence-electron chi connectivity index (χ3n) is 9.14. The van der Waals surface area contributed by atoms with E-state index in [1.807, 2.05) is 0 Å². The number of halogens is 10. The second-order valence-electron chi connectivity index (χ2n) is 11.5. The van der Waals surface area contributed by atoms with E-state index >= 15 is 0 Å². The van der Waals surface area contributed by atoms with Crippen molar-refractivity contribution in [3.8, 4) is 5.75 Å². The maximum atomic E-state index is 14.0. The highest BCUT2D eigenvalue weighted by Crippen LogP contribution is 2.66. The summed E-state index contributed by atoms with van der Waals surface area (Å²) in [6.07, 6.45) is -9.66. The number of anilines is 1. The molecule has 17 heteroatoms. The van der Waals surface area contributed by atoms with Crippen LogP contribution in [0, 0.1) is 17.8 Å². The molecule has 244 valence electrons. The van der Waals surface area contributed by atoms with E-state index in [9.17, 15) is 50.6 Å². The number of phenolic OH excluding ortho intramolecular Hbond substituents is 1. The van der Waals surface area contributed by atoms with E-state index in [1.165, 1.54) is 18.2 Å². The van der Waals surface area contributed by atoms with Crippen LogP contribution in [0.3, 0.4) is 0 Å². The van der Waals surface area contributed by atoms with Crippen LogP contribution in [-0.2, 0) is 31.5 Å². The first-order valence-electron chi connectivity index (χ1n) is 13.4. The summed E-state index contributed by atoms with van der Waals surface area (Å²) in [7, 11) is 0. The van der Waals surface area contributed by atoms with Gasteiger partial charge in [0.05, 0.1) is 34.1 Å². The van der Waals surface area contributed by atoms with E-state index in [-0.39, 0.29) is 52.0 Å². The van der Waals surface area contributed by atoms with E-state index in [0.29, 0.717) is 4.90 Å². The number of nitrogens with zero attached hydrogens (tertiary/aromatic N) is 2. The minimum absolute atomic E-state index is 0.0793. The fourth-order valence-electron chi connectivity index (χ4n) is 7.17. The van der Waals surface area contributed by atoms with Gasteiger partial charge in [-0.1, -0.05) is 45.2 Å². The highest BCUT2D eigenvalue weighted by atomic mass is 79.9. The number of fused-ring (bicyclic) bond motifs is 4. The third kappa shape index (κ3) is 4.53. The Kier molecular flexibility index (Phi) is 7.63. The van der Waals surface area contributed by atoms with Gasteiger partial charge in [-0.3, -0.25) is 24.1 Å². The molecular formula is C29H18BrCl3F6N2O5. The zero-order valence-corrected chi connectivity index (χ0v) is 26.6. The Bertz CT molecular complexity index is 1740. The van der Waals surface area contributed by atoms with Crippen molar-refractivity contribution in [2.24, 2.45) is 17.8 Å². The number of aromatic hydroxyl groups is 1. The van der Waals surface area contributed by atoms with Crippen LogP contribution in [0.1, 0.15) is 35.4 Å². The Morgan fingerprint density at radius 3 is 2.04 bits per heavy atom. The summed E-state index contributed by atoms with van der Waals surface area (Å²) in [6.45, 7) is 0. The van der Waals surface area contributed by atoms with Crippen LogP contribution in [0.15, 0.2) is 48.0 Å². The lowest BCUT2D eigenvalue weighted by molar-refractivity contribution is -0.143. The molecule has 2 aliphatic heterocycles. The monoisotopic (exact) mass is 772 g/mol. The molecule has 2 aromatic carbocycles. The lowest BCUT2D eigenvalue weighted by Crippen LogP contribution is -2.60. The Morgan fingerprint density at radius 1 is 0.891 bits per heavy atom. The number of rotatable bonds is 3. The molecule has 0 spiro atoms. The Morgan fingerprint density at radius 2 is 1.50 bits per heavy atom. The number of phenols is 1. The summed E-state index contributed by atoms with van der Waals surface area (Å²) < 4.78 is 81.9. The SMILES string of the molecule is O=C1C2CC=C3C(CC4(Cl)C(=O)N(CBr)C(=O)C4(Cl)C3c3ccc(O)cc3Cl)C2C(=O)N1c1cc(C(F)(F)F)cc(C(F)(F)F)c1. The minimum atomic E-state index is -5.24. The molecular weight excluding hydrogens is 757 g/mol. The smallest absolute Gasteiger partial charge is 0.416 e. The van der Waals surface area contributed by atoms with Crippen molar-refractivity contribution < 1.29 is 50.6 Å². The molecule has 1 saturated carbocycles. The fraction of sp³-hybridized carbons (Fsp3) is 0.379. The maximum absolute atomic E-state index is 14.0. The van der Waals surface area contributed by atoms with Gasteiger partial charge in [0.15, 0.2) is 9.75 Å². The quantitative estimate of drug-likeness (QED) is 0.119. The van der Waals surface area contributed by atoms with Gasteiger partial charge in [-0.05, 0) is 54.7 Å². The van der Waals surface area contributed by atoms with Gasteiger partial charge in [-0.25, -0.2) is 4.90 Å². The van der Waals surface area contributed by atoms with Gasteiger partial charge in [-0.15, -0.1) is 23.2 Å². The van der Waals surface area contributed by atoms with Crippen molar-refractivity contribution in [2.45, 2.75) is 40.9 Å². The molecule has 46 heavy (non-hydrogen) atoms. The van der Waals surface area contributed by atoms with E-state index in [2.05, 4.69) is 15.9 Å². The molecule has 6 atom stereocenters. The number of alkyl halides is 9. The molecule has 2 saturated heterocycles. The van der Waals surface area contributed by atoms with E-state index < -0.39 is 92.6 Å². The van der Waals surface area contributed by atoms with Crippen molar-refractivity contribution >= 4 is 80.0 Å². The van der Waals surface area contributed by atoms with Gasteiger partial charge in [0.1, 0.15) is 5.75 Å². The molecule has 4 aliphatic rings. The first kappa shape index (κ1) is 33.1. The summed E-state index contributed by atoms with van der Waals surface area (Å²) in [5, 5.41) is 9.91. The topological polar surface area (TPSA) is 95.0 Å². The average Bonchev–Trinajstić information content (AvgIpc) is 3.30. The van der Waals surface area contributed by atoms with E-state index in [1.54, 1.807) is 0 Å². The van der Waals surface area contributed by atoms with Crippen molar-refractivity contribution in [1.29, 1.82) is 0 Å². The molecule has 4 amide bonds. The fourth-order valence-corrected chi connectivity index (χ4v) is 8.87. The highest BCUT2D eigenvalue weighted by molar-refractivity contribution is 9.09. The van der Waals surface area contributed by atoms with Gasteiger partial charge in [-0.2, -0.15) is 26.3 Å². The largest absolute Gasteiger partial charge is 0.508 e. The molecule has 2 heterocycles. The molecule has 0 aromatic heterocycles. The third-order valence-corrected chi connectivity index (χ3v) is 11.4. The van der Waals surface area contributed by atoms with E-state index in [4.69, 9.17) is 34.8 Å². The zero-order chi connectivity index (χ0) is 33.9. The molecule has 1 N–H and O–H groups in total. The van der Waals surface area contributed by atoms with Crippen LogP contribution in [0.2, 0.25) is 5.02 Å². The summed E-state index contributed by atoms with van der Waals surface area (Å²) in [5.41, 5.74) is -4.24. The maximum Gasteiger partial charge on any atom is 0.416 e. The number of hydrogen-bond acceptors (Lipinski definition) is 5. The molecule has 2 aliphatic carbocycles. The Hall–Kier alpha value is -2.81. The normalized spacial score (nSPS) is 31.2. The predicted octanol–water partition coefficient (Wildman–Crippen LogP) is 7.00. The summed E-state index contributed by atoms with van der Waals surface area (Å²) in [5.74, 6) is -9.28. The lowest BCUT2D eigenvalue weighted by Gasteiger charge is -2.51. The number of benzene rings is 2. The van der Waals surface area contributed by atoms with Crippen molar-refractivity contribution in [3.63, 3.8) is 0 Å². The van der Waals surface area contributed by atoms with Crippen LogP contribution in [-0.4, -0.2) is 48.8 Å². The lowest BCUT2D eigenvalue weighted by atomic mass is 9.56. The Balaban J connectivity index is 1.51. The zero-order valence-electron chi connectivity index (χ0n) is 22.7. The molecule has 0 radical (unpaired) electrons. The highest BCUT2D eigenvalue weighted by Gasteiger charge is 2.76. The number of imide groups is 2. The second-order valence-corrected chi connectivity index (χ2v) is 13.6. The predicted molar refractivity (Wildman–Crippen MR) is 155 cm³/mol. The van der Waals surface area contributed by atoms with Crippen LogP contribution in [0.25, 0.3) is 0 Å². The molecule has 6 unspecified atom stereocenters. The van der Waals surface area contributed by atoms with Gasteiger partial charge < -0.3 is 5.11 Å². The first-order chi connectivity index (χ1) is 21.3. The minimum Gasteiger partial charge on any atom is -0.508 e. The van der Waals surface area contributed by atoms with Gasteiger partial charge in [0, 0.05) is 10.9 Å². The molecule has 3 fully saturated rings. The second kappa shape index (κ2) is 10.6. The number of carbonyl (C=O) groups is 4. The summed E-state index contributed by atoms with van der Waals surface area (Å²) in [6, 6.07) is 4.21. The standard InChI is InChI=1S/C29H18BrCl3F6N2O5/c30-10-40-24(45)26(32)9-18-15(21(27(26,33)25(40)46)16-2-1-14(42)8-19(16)31)3-4-17-20(18)23(44)41(22(17)43)13-6-11(28(34,35)36)5-12(7-13)29(37,38)39/h1-3,5-8,17-18,20-21,42H,4,9-10H2. The number of carbonyl (C=O) groups excluding carboxylic acids is 4. The molecule has 6 rings (SSSR count). The van der Waals surface area contributed by atoms with Gasteiger partial charge in [0.25, 0.3) is 11.8 Å². The van der Waals surface area contributed by atoms with Crippen LogP contribution >= 0.6 is 50.7 Å². The van der Waals surface area contributed by atoms with Crippen LogP contribution in [0.5, 0.6) is 5.75 Å². The summed E-state index contributed by atoms with van der Waals surface area (Å²) >= 11 is 23.7. The van der Waals surface area contributed by atoms with Crippen LogP contribution < -0.4 is 4.90 Å². The summed E-state index contributed by atoms with van der Waals surface area (Å²) in [4.78, 5) is 51.8. The van der Waals surface area contributed by atoms with Crippen molar-refractivity contribution in [1.82, 2.24) is 4.90 Å². The first-order valence-corrected chi connectivity index (χ1v) is 15.7. The van der Waals surface area contributed by atoms with Crippen molar-refractivity contribution in [2.75, 3.05) is 10.4 Å². The van der Waals surface area contributed by atoms with Gasteiger partial charge in [0.2, 0.25) is 11.8 Å². The number of amides is 4. The van der Waals surface area contributed by atoms with Crippen molar-refractivity contribution in [3.05, 3.63) is 69.8 Å². The van der Waals surface area contributed by atoms with Crippen LogP contribution in [0.4, 0.5) is 32.0 Å². The number of hydrogen-bond donors (Lipinski definition) is 1.